The molecule has 0 fully saturated rings. The normalized spacial score (nSPS) is 14.2. The van der Waals surface area contributed by atoms with Crippen LogP contribution in [0.5, 0.6) is 5.75 Å². The summed E-state index contributed by atoms with van der Waals surface area (Å²) >= 11 is 1.56. The zero-order chi connectivity index (χ0) is 21.0. The fraction of sp³-hybridized carbons (Fsp3) is 0.429. The number of likely N-dealkylation sites (N-methyl/N-ethyl adjacent to an activating group) is 1. The van der Waals surface area contributed by atoms with E-state index in [9.17, 15) is 4.79 Å². The summed E-state index contributed by atoms with van der Waals surface area (Å²) in [5.41, 5.74) is 7.34. The van der Waals surface area contributed by atoms with Crippen molar-refractivity contribution in [2.24, 2.45) is 10.7 Å². The Kier molecular flexibility index (Phi) is 6.32. The highest BCUT2D eigenvalue weighted by atomic mass is 32.1. The minimum atomic E-state index is -0.508. The van der Waals surface area contributed by atoms with Crippen molar-refractivity contribution in [3.05, 3.63) is 40.6 Å². The van der Waals surface area contributed by atoms with E-state index in [2.05, 4.69) is 9.89 Å². The van der Waals surface area contributed by atoms with Gasteiger partial charge in [0.2, 0.25) is 0 Å². The molecule has 2 aromatic rings. The summed E-state index contributed by atoms with van der Waals surface area (Å²) in [5, 5.41) is 1.97. The van der Waals surface area contributed by atoms with Crippen LogP contribution in [0, 0.1) is 0 Å². The quantitative estimate of drug-likeness (QED) is 0.591. The highest BCUT2D eigenvalue weighted by Gasteiger charge is 2.22. The van der Waals surface area contributed by atoms with Crippen LogP contribution in [0.4, 0.5) is 16.2 Å². The minimum absolute atomic E-state index is 0.326. The zero-order valence-electron chi connectivity index (χ0n) is 17.3. The monoisotopic (exact) mass is 416 g/mol. The van der Waals surface area contributed by atoms with E-state index in [4.69, 9.17) is 15.2 Å². The number of benzene rings is 1. The topological polar surface area (TPSA) is 80.4 Å². The van der Waals surface area contributed by atoms with Crippen LogP contribution in [0.1, 0.15) is 25.6 Å². The third-order valence-electron chi connectivity index (χ3n) is 4.34. The van der Waals surface area contributed by atoms with Crippen LogP contribution in [0.3, 0.4) is 0 Å². The molecule has 29 heavy (non-hydrogen) atoms. The maximum Gasteiger partial charge on any atom is 0.410 e. The van der Waals surface area contributed by atoms with Gasteiger partial charge in [0, 0.05) is 20.1 Å². The van der Waals surface area contributed by atoms with Gasteiger partial charge in [-0.25, -0.2) is 9.79 Å². The van der Waals surface area contributed by atoms with E-state index in [-0.39, 0.29) is 6.09 Å². The van der Waals surface area contributed by atoms with Crippen molar-refractivity contribution in [3.63, 3.8) is 0 Å². The summed E-state index contributed by atoms with van der Waals surface area (Å²) in [6, 6.07) is 9.69. The Morgan fingerprint density at radius 3 is 2.86 bits per heavy atom. The number of nitrogens with zero attached hydrogens (tertiary/aromatic N) is 3. The number of carbonyl (C=O) groups is 1. The lowest BCUT2D eigenvalue weighted by Crippen LogP contribution is -2.41. The molecule has 0 unspecified atom stereocenters. The molecule has 0 spiro atoms. The summed E-state index contributed by atoms with van der Waals surface area (Å²) in [6.07, 6.45) is -0.326. The summed E-state index contributed by atoms with van der Waals surface area (Å²) < 4.78 is 11.2. The zero-order valence-corrected chi connectivity index (χ0v) is 18.2. The highest BCUT2D eigenvalue weighted by Crippen LogP contribution is 2.35. The van der Waals surface area contributed by atoms with Gasteiger partial charge < -0.3 is 25.0 Å². The van der Waals surface area contributed by atoms with Crippen LogP contribution in [0.2, 0.25) is 0 Å². The molecule has 0 saturated carbocycles. The molecular weight excluding hydrogens is 388 g/mol. The lowest BCUT2D eigenvalue weighted by atomic mass is 10.2. The highest BCUT2D eigenvalue weighted by molar-refractivity contribution is 7.12. The molecule has 156 valence electrons. The molecule has 3 rings (SSSR count). The average Bonchev–Trinajstić information content (AvgIpc) is 3.19. The lowest BCUT2D eigenvalue weighted by molar-refractivity contribution is 0.0303. The predicted octanol–water partition coefficient (Wildman–Crippen LogP) is 3.85. The molecular formula is C21H28N4O3S. The number of hydrogen-bond donors (Lipinski definition) is 1. The number of fused-ring (bicyclic) bond motifs is 1. The van der Waals surface area contributed by atoms with Crippen LogP contribution >= 0.6 is 11.3 Å². The number of ether oxygens (including phenoxy) is 2. The maximum absolute atomic E-state index is 12.2. The van der Waals surface area contributed by atoms with Gasteiger partial charge in [-0.15, -0.1) is 11.3 Å². The molecule has 0 saturated heterocycles. The molecule has 1 aliphatic heterocycles. The molecule has 0 radical (unpaired) electrons. The van der Waals surface area contributed by atoms with Gasteiger partial charge in [-0.05, 0) is 50.4 Å². The second-order valence-corrected chi connectivity index (χ2v) is 8.81. The lowest BCUT2D eigenvalue weighted by Gasteiger charge is -2.33. The van der Waals surface area contributed by atoms with Gasteiger partial charge in [-0.1, -0.05) is 6.07 Å². The summed E-state index contributed by atoms with van der Waals surface area (Å²) in [7, 11) is 1.75. The van der Waals surface area contributed by atoms with Crippen molar-refractivity contribution >= 4 is 34.6 Å². The molecule has 2 N–H and O–H groups in total. The number of carbonyl (C=O) groups excluding carboxylic acids is 1. The number of rotatable bonds is 5. The van der Waals surface area contributed by atoms with E-state index in [1.165, 1.54) is 0 Å². The molecule has 1 aliphatic rings. The van der Waals surface area contributed by atoms with Gasteiger partial charge in [0.25, 0.3) is 0 Å². The van der Waals surface area contributed by atoms with E-state index >= 15 is 0 Å². The molecule has 0 atom stereocenters. The van der Waals surface area contributed by atoms with Crippen LogP contribution in [-0.2, 0) is 4.74 Å². The van der Waals surface area contributed by atoms with Crippen molar-refractivity contribution in [3.8, 4) is 5.75 Å². The molecule has 0 bridgehead atoms. The van der Waals surface area contributed by atoms with Gasteiger partial charge in [0.15, 0.2) is 0 Å². The Morgan fingerprint density at radius 2 is 2.17 bits per heavy atom. The molecule has 8 heteroatoms. The first-order valence-corrected chi connectivity index (χ1v) is 10.4. The first kappa shape index (κ1) is 21.0. The number of anilines is 1. The predicted molar refractivity (Wildman–Crippen MR) is 118 cm³/mol. The molecule has 1 aromatic carbocycles. The fourth-order valence-electron chi connectivity index (χ4n) is 2.88. The minimum Gasteiger partial charge on any atom is -0.490 e. The third kappa shape index (κ3) is 5.63. The first-order chi connectivity index (χ1) is 13.7. The van der Waals surface area contributed by atoms with Gasteiger partial charge >= 0.3 is 6.09 Å². The maximum atomic E-state index is 12.2. The average molecular weight is 417 g/mol. The van der Waals surface area contributed by atoms with Crippen LogP contribution in [0.15, 0.2) is 40.7 Å². The smallest absolute Gasteiger partial charge is 0.410 e. The second-order valence-electron chi connectivity index (χ2n) is 7.86. The second kappa shape index (κ2) is 8.73. The summed E-state index contributed by atoms with van der Waals surface area (Å²) in [4.78, 5) is 21.5. The Bertz CT molecular complexity index is 875. The Labute approximate surface area is 175 Å². The number of aliphatic imine (C=N–C) groups is 1. The number of hydrogen-bond acceptors (Lipinski definition) is 6. The van der Waals surface area contributed by atoms with Crippen molar-refractivity contribution < 1.29 is 14.3 Å². The standard InChI is InChI=1S/C21H28N4O3S/c1-21(2,3)28-20(26)24(4)9-10-25-11-12-27-17-8-7-15(14-16(17)25)23-19(22)18-6-5-13-29-18/h5-8,13-14H,9-12H2,1-4H3,(H2,22,23). The summed E-state index contributed by atoms with van der Waals surface area (Å²) in [6.45, 7) is 8.13. The largest absolute Gasteiger partial charge is 0.490 e. The number of amides is 1. The van der Waals surface area contributed by atoms with Crippen molar-refractivity contribution in [2.75, 3.05) is 38.2 Å². The van der Waals surface area contributed by atoms with Crippen LogP contribution in [-0.4, -0.2) is 55.7 Å². The van der Waals surface area contributed by atoms with Crippen molar-refractivity contribution in [1.82, 2.24) is 4.90 Å². The van der Waals surface area contributed by atoms with E-state index in [1.807, 2.05) is 56.5 Å². The van der Waals surface area contributed by atoms with Crippen molar-refractivity contribution in [2.45, 2.75) is 26.4 Å². The van der Waals surface area contributed by atoms with Crippen molar-refractivity contribution in [1.29, 1.82) is 0 Å². The molecule has 2 heterocycles. The first-order valence-electron chi connectivity index (χ1n) is 9.57. The number of nitrogens with two attached hydrogens (primary N) is 1. The van der Waals surface area contributed by atoms with Gasteiger partial charge in [0.1, 0.15) is 23.8 Å². The van der Waals surface area contributed by atoms with Gasteiger partial charge in [0.05, 0.1) is 22.8 Å². The molecule has 0 aliphatic carbocycles. The van der Waals surface area contributed by atoms with E-state index < -0.39 is 5.60 Å². The number of amidine groups is 1. The van der Waals surface area contributed by atoms with Gasteiger partial charge in [-0.3, -0.25) is 0 Å². The SMILES string of the molecule is CN(CCN1CCOc2ccc(N=C(N)c3cccs3)cc21)C(=O)OC(C)(C)C. The van der Waals surface area contributed by atoms with Crippen LogP contribution in [0.25, 0.3) is 0 Å². The Hall–Kier alpha value is -2.74. The van der Waals surface area contributed by atoms with Gasteiger partial charge in [-0.2, -0.15) is 0 Å². The Morgan fingerprint density at radius 1 is 1.38 bits per heavy atom. The number of thiophene rings is 1. The summed E-state index contributed by atoms with van der Waals surface area (Å²) in [5.74, 6) is 1.30. The molecule has 1 aromatic heterocycles. The Balaban J connectivity index is 1.70. The van der Waals surface area contributed by atoms with E-state index in [0.717, 1.165) is 28.5 Å². The molecule has 7 nitrogen and oxygen atoms in total. The van der Waals surface area contributed by atoms with E-state index in [1.54, 1.807) is 23.3 Å². The third-order valence-corrected chi connectivity index (χ3v) is 5.23. The fourth-order valence-corrected chi connectivity index (χ4v) is 3.51. The molecule has 1 amide bonds. The van der Waals surface area contributed by atoms with E-state index in [0.29, 0.717) is 25.5 Å². The van der Waals surface area contributed by atoms with Crippen LogP contribution < -0.4 is 15.4 Å².